The normalized spacial score (nSPS) is 46.8. The highest BCUT2D eigenvalue weighted by Gasteiger charge is 2.53. The number of ether oxygens (including phenoxy) is 2. The Balaban J connectivity index is 2.91. The summed E-state index contributed by atoms with van der Waals surface area (Å²) in [7, 11) is 1.18. The number of aliphatic hydroxyl groups excluding tert-OH is 5. The highest BCUT2D eigenvalue weighted by molar-refractivity contribution is 4.96. The maximum atomic E-state index is 9.57. The van der Waals surface area contributed by atoms with Crippen molar-refractivity contribution in [3.8, 4) is 0 Å². The Hall–Kier alpha value is -0.280. The molecular weight excluding hydrogens is 208 g/mol. The van der Waals surface area contributed by atoms with E-state index in [0.29, 0.717) is 0 Å². The van der Waals surface area contributed by atoms with Crippen LogP contribution in [0.4, 0.5) is 0 Å². The Morgan fingerprint density at radius 1 is 1.20 bits per heavy atom. The van der Waals surface area contributed by atoms with Crippen LogP contribution in [0.15, 0.2) is 0 Å². The molecule has 1 heterocycles. The number of methoxy groups -OCH3 is 1. The average molecular weight is 224 g/mol. The second-order valence-corrected chi connectivity index (χ2v) is 3.44. The number of hydrogen-bond acceptors (Lipinski definition) is 7. The minimum atomic E-state index is -1.81. The van der Waals surface area contributed by atoms with Gasteiger partial charge in [-0.05, 0) is 0 Å². The summed E-state index contributed by atoms with van der Waals surface area (Å²) in [5.74, 6) is -1.81. The monoisotopic (exact) mass is 224 g/mol. The van der Waals surface area contributed by atoms with Gasteiger partial charge in [0.2, 0.25) is 5.79 Å². The third kappa shape index (κ3) is 2.00. The molecule has 1 aliphatic heterocycles. The fraction of sp³-hybridized carbons (Fsp3) is 1.00. The summed E-state index contributed by atoms with van der Waals surface area (Å²) in [4.78, 5) is 0. The minimum absolute atomic E-state index is 0.559. The zero-order valence-electron chi connectivity index (χ0n) is 8.28. The topological polar surface area (TPSA) is 120 Å². The highest BCUT2D eigenvalue weighted by atomic mass is 16.7. The van der Waals surface area contributed by atoms with Crippen LogP contribution in [0.1, 0.15) is 0 Å². The van der Waals surface area contributed by atoms with Crippen LogP contribution in [0.2, 0.25) is 0 Å². The molecule has 0 amide bonds. The molecule has 5 N–H and O–H groups in total. The molecule has 0 aliphatic carbocycles. The SMILES string of the molecule is CO[C@@]1(CO)O[C@@H](CO)[C@@H](O)[C@@H](O)[C@H]1O. The minimum Gasteiger partial charge on any atom is -0.394 e. The molecule has 0 spiro atoms. The van der Waals surface area contributed by atoms with E-state index in [2.05, 4.69) is 0 Å². The predicted molar refractivity (Wildman–Crippen MR) is 46.8 cm³/mol. The third-order valence-corrected chi connectivity index (χ3v) is 2.60. The second kappa shape index (κ2) is 4.71. The second-order valence-electron chi connectivity index (χ2n) is 3.44. The van der Waals surface area contributed by atoms with E-state index >= 15 is 0 Å². The van der Waals surface area contributed by atoms with Crippen molar-refractivity contribution in [2.45, 2.75) is 30.2 Å². The van der Waals surface area contributed by atoms with Gasteiger partial charge in [-0.1, -0.05) is 0 Å². The lowest BCUT2D eigenvalue weighted by Crippen LogP contribution is -2.67. The number of rotatable bonds is 3. The molecule has 0 unspecified atom stereocenters. The third-order valence-electron chi connectivity index (χ3n) is 2.60. The van der Waals surface area contributed by atoms with Crippen molar-refractivity contribution in [3.05, 3.63) is 0 Å². The van der Waals surface area contributed by atoms with Gasteiger partial charge in [0.1, 0.15) is 31.0 Å². The molecule has 7 nitrogen and oxygen atoms in total. The molecule has 0 aromatic carbocycles. The first-order valence-electron chi connectivity index (χ1n) is 4.51. The molecule has 1 fully saturated rings. The van der Waals surface area contributed by atoms with E-state index in [4.69, 9.17) is 19.7 Å². The molecule has 0 aromatic heterocycles. The molecule has 90 valence electrons. The Bertz CT molecular complexity index is 203. The quantitative estimate of drug-likeness (QED) is 0.342. The van der Waals surface area contributed by atoms with Crippen LogP contribution in [-0.2, 0) is 9.47 Å². The van der Waals surface area contributed by atoms with Gasteiger partial charge in [-0.3, -0.25) is 0 Å². The molecule has 0 radical (unpaired) electrons. The average Bonchev–Trinajstić information content (AvgIpc) is 2.27. The molecule has 1 saturated heterocycles. The van der Waals surface area contributed by atoms with Crippen LogP contribution < -0.4 is 0 Å². The molecule has 1 rings (SSSR count). The van der Waals surface area contributed by atoms with Gasteiger partial charge < -0.3 is 35.0 Å². The van der Waals surface area contributed by atoms with Crippen molar-refractivity contribution < 1.29 is 35.0 Å². The van der Waals surface area contributed by atoms with Gasteiger partial charge in [-0.15, -0.1) is 0 Å². The number of hydrogen-bond donors (Lipinski definition) is 5. The molecule has 15 heavy (non-hydrogen) atoms. The van der Waals surface area contributed by atoms with Crippen LogP contribution in [-0.4, -0.2) is 76.1 Å². The van der Waals surface area contributed by atoms with Crippen molar-refractivity contribution in [2.24, 2.45) is 0 Å². The summed E-state index contributed by atoms with van der Waals surface area (Å²) in [5, 5.41) is 46.4. The van der Waals surface area contributed by atoms with Gasteiger partial charge >= 0.3 is 0 Å². The molecule has 0 saturated carbocycles. The Labute approximate surface area is 86.5 Å². The number of aliphatic hydroxyl groups is 5. The summed E-state index contributed by atoms with van der Waals surface area (Å²) in [5.41, 5.74) is 0. The van der Waals surface area contributed by atoms with Crippen molar-refractivity contribution in [1.29, 1.82) is 0 Å². The Kier molecular flexibility index (Phi) is 4.01. The van der Waals surface area contributed by atoms with Gasteiger partial charge in [0.25, 0.3) is 0 Å². The highest BCUT2D eigenvalue weighted by Crippen LogP contribution is 2.30. The van der Waals surface area contributed by atoms with E-state index in [-0.39, 0.29) is 0 Å². The smallest absolute Gasteiger partial charge is 0.221 e. The van der Waals surface area contributed by atoms with Gasteiger partial charge in [-0.2, -0.15) is 0 Å². The van der Waals surface area contributed by atoms with Crippen LogP contribution in [0.3, 0.4) is 0 Å². The molecular formula is C8H16O7. The van der Waals surface area contributed by atoms with Crippen LogP contribution in [0.25, 0.3) is 0 Å². The summed E-state index contributed by atoms with van der Waals surface area (Å²) in [6.45, 7) is -1.26. The van der Waals surface area contributed by atoms with E-state index in [1.165, 1.54) is 7.11 Å². The van der Waals surface area contributed by atoms with Crippen LogP contribution >= 0.6 is 0 Å². The summed E-state index contributed by atoms with van der Waals surface area (Å²) in [6.07, 6.45) is -5.69. The predicted octanol–water partition coefficient (Wildman–Crippen LogP) is -3.20. The van der Waals surface area contributed by atoms with Crippen molar-refractivity contribution in [1.82, 2.24) is 0 Å². The summed E-state index contributed by atoms with van der Waals surface area (Å²) in [6, 6.07) is 0. The van der Waals surface area contributed by atoms with E-state index in [9.17, 15) is 15.3 Å². The van der Waals surface area contributed by atoms with Crippen LogP contribution in [0.5, 0.6) is 0 Å². The maximum Gasteiger partial charge on any atom is 0.221 e. The summed E-state index contributed by atoms with van der Waals surface area (Å²) < 4.78 is 9.82. The van der Waals surface area contributed by atoms with E-state index in [1.54, 1.807) is 0 Å². The van der Waals surface area contributed by atoms with Crippen molar-refractivity contribution in [3.63, 3.8) is 0 Å². The van der Waals surface area contributed by atoms with Crippen molar-refractivity contribution in [2.75, 3.05) is 20.3 Å². The van der Waals surface area contributed by atoms with Gasteiger partial charge in [0.15, 0.2) is 0 Å². The van der Waals surface area contributed by atoms with Gasteiger partial charge in [-0.25, -0.2) is 0 Å². The molecule has 1 aliphatic rings. The molecule has 0 bridgehead atoms. The Morgan fingerprint density at radius 2 is 1.80 bits per heavy atom. The van der Waals surface area contributed by atoms with Crippen molar-refractivity contribution >= 4 is 0 Å². The first kappa shape index (κ1) is 12.8. The molecule has 5 atom stereocenters. The maximum absolute atomic E-state index is 9.57. The van der Waals surface area contributed by atoms with E-state index < -0.39 is 43.4 Å². The molecule has 7 heteroatoms. The van der Waals surface area contributed by atoms with E-state index in [0.717, 1.165) is 0 Å². The van der Waals surface area contributed by atoms with Crippen LogP contribution in [0, 0.1) is 0 Å². The lowest BCUT2D eigenvalue weighted by atomic mass is 9.93. The first-order valence-corrected chi connectivity index (χ1v) is 4.51. The lowest BCUT2D eigenvalue weighted by molar-refractivity contribution is -0.365. The summed E-state index contributed by atoms with van der Waals surface area (Å²) >= 11 is 0. The zero-order valence-corrected chi connectivity index (χ0v) is 8.28. The van der Waals surface area contributed by atoms with Gasteiger partial charge in [0.05, 0.1) is 6.61 Å². The first-order chi connectivity index (χ1) is 7.02. The lowest BCUT2D eigenvalue weighted by Gasteiger charge is -2.46. The Morgan fingerprint density at radius 3 is 2.20 bits per heavy atom. The largest absolute Gasteiger partial charge is 0.394 e. The van der Waals surface area contributed by atoms with E-state index in [1.807, 2.05) is 0 Å². The molecule has 0 aromatic rings. The zero-order chi connectivity index (χ0) is 11.6. The fourth-order valence-electron chi connectivity index (χ4n) is 1.57. The fourth-order valence-corrected chi connectivity index (χ4v) is 1.57. The standard InChI is InChI=1S/C8H16O7/c1-14-8(3-10)7(13)6(12)5(11)4(2-9)15-8/h4-7,9-13H,2-3H2,1H3/t4-,5+,6+,7+,8-/m0/s1. The van der Waals surface area contributed by atoms with Gasteiger partial charge in [0, 0.05) is 7.11 Å².